The van der Waals surface area contributed by atoms with Gasteiger partial charge in [0.1, 0.15) is 0 Å². The number of ether oxygens (including phenoxy) is 1. The SMILES string of the molecule is COc1nc(Cl)nc(N2CCC(O)CC2)n1. The molecule has 1 saturated heterocycles. The number of nitrogens with zero attached hydrogens (tertiary/aromatic N) is 4. The molecule has 0 spiro atoms. The highest BCUT2D eigenvalue weighted by Crippen LogP contribution is 2.19. The number of hydrogen-bond donors (Lipinski definition) is 1. The van der Waals surface area contributed by atoms with Gasteiger partial charge in [-0.05, 0) is 24.4 Å². The first-order valence-corrected chi connectivity index (χ1v) is 5.45. The van der Waals surface area contributed by atoms with Gasteiger partial charge < -0.3 is 14.7 Å². The molecule has 1 aromatic heterocycles. The number of aromatic nitrogens is 3. The molecule has 16 heavy (non-hydrogen) atoms. The number of methoxy groups -OCH3 is 1. The molecule has 0 aromatic carbocycles. The van der Waals surface area contributed by atoms with Crippen LogP contribution in [-0.4, -0.2) is 46.4 Å². The van der Waals surface area contributed by atoms with Crippen molar-refractivity contribution >= 4 is 17.5 Å². The van der Waals surface area contributed by atoms with Crippen molar-refractivity contribution in [2.24, 2.45) is 0 Å². The van der Waals surface area contributed by atoms with Crippen LogP contribution >= 0.6 is 11.6 Å². The summed E-state index contributed by atoms with van der Waals surface area (Å²) in [7, 11) is 1.48. The fourth-order valence-corrected chi connectivity index (χ4v) is 1.77. The molecule has 0 bridgehead atoms. The zero-order valence-corrected chi connectivity index (χ0v) is 9.68. The lowest BCUT2D eigenvalue weighted by molar-refractivity contribution is 0.145. The third-order valence-corrected chi connectivity index (χ3v) is 2.67. The summed E-state index contributed by atoms with van der Waals surface area (Å²) in [5, 5.41) is 9.52. The highest BCUT2D eigenvalue weighted by atomic mass is 35.5. The molecule has 0 unspecified atom stereocenters. The predicted molar refractivity (Wildman–Crippen MR) is 58.8 cm³/mol. The second kappa shape index (κ2) is 4.80. The van der Waals surface area contributed by atoms with Gasteiger partial charge in [0.05, 0.1) is 13.2 Å². The Morgan fingerprint density at radius 2 is 2.00 bits per heavy atom. The molecule has 0 aliphatic carbocycles. The Balaban J connectivity index is 2.16. The smallest absolute Gasteiger partial charge is 0.322 e. The van der Waals surface area contributed by atoms with E-state index >= 15 is 0 Å². The maximum Gasteiger partial charge on any atom is 0.322 e. The zero-order chi connectivity index (χ0) is 11.5. The van der Waals surface area contributed by atoms with Gasteiger partial charge in [-0.1, -0.05) is 0 Å². The second-order valence-electron chi connectivity index (χ2n) is 3.61. The van der Waals surface area contributed by atoms with Crippen molar-refractivity contribution in [1.82, 2.24) is 15.0 Å². The Bertz CT molecular complexity index is 369. The minimum Gasteiger partial charge on any atom is -0.467 e. The van der Waals surface area contributed by atoms with Crippen LogP contribution in [0.2, 0.25) is 5.28 Å². The van der Waals surface area contributed by atoms with Crippen LogP contribution in [0.15, 0.2) is 0 Å². The van der Waals surface area contributed by atoms with Crippen molar-refractivity contribution in [1.29, 1.82) is 0 Å². The van der Waals surface area contributed by atoms with Gasteiger partial charge in [-0.3, -0.25) is 0 Å². The standard InChI is InChI=1S/C9H13ClN4O2/c1-16-9-12-7(10)11-8(13-9)14-4-2-6(15)3-5-14/h6,15H,2-5H2,1H3. The van der Waals surface area contributed by atoms with E-state index < -0.39 is 0 Å². The van der Waals surface area contributed by atoms with E-state index in [4.69, 9.17) is 16.3 Å². The van der Waals surface area contributed by atoms with Gasteiger partial charge in [-0.15, -0.1) is 0 Å². The average Bonchev–Trinajstić information content (AvgIpc) is 2.29. The first kappa shape index (κ1) is 11.3. The van der Waals surface area contributed by atoms with Gasteiger partial charge in [0, 0.05) is 13.1 Å². The molecule has 0 radical (unpaired) electrons. The minimum absolute atomic E-state index is 0.118. The summed E-state index contributed by atoms with van der Waals surface area (Å²) in [6.07, 6.45) is 1.20. The largest absolute Gasteiger partial charge is 0.467 e. The van der Waals surface area contributed by atoms with Gasteiger partial charge in [-0.2, -0.15) is 15.0 Å². The normalized spacial score (nSPS) is 17.6. The van der Waals surface area contributed by atoms with Crippen LogP contribution in [0.3, 0.4) is 0 Å². The van der Waals surface area contributed by atoms with Crippen molar-refractivity contribution in [2.45, 2.75) is 18.9 Å². The maximum atomic E-state index is 9.40. The summed E-state index contributed by atoms with van der Waals surface area (Å²) in [5.41, 5.74) is 0. The summed E-state index contributed by atoms with van der Waals surface area (Å²) in [5.74, 6) is 0.503. The van der Waals surface area contributed by atoms with E-state index in [1.54, 1.807) is 0 Å². The minimum atomic E-state index is -0.226. The van der Waals surface area contributed by atoms with E-state index in [2.05, 4.69) is 15.0 Å². The molecule has 0 saturated carbocycles. The topological polar surface area (TPSA) is 71.4 Å². The molecule has 2 rings (SSSR count). The third-order valence-electron chi connectivity index (χ3n) is 2.51. The monoisotopic (exact) mass is 244 g/mol. The second-order valence-corrected chi connectivity index (χ2v) is 3.95. The highest BCUT2D eigenvalue weighted by Gasteiger charge is 2.20. The highest BCUT2D eigenvalue weighted by molar-refractivity contribution is 6.28. The number of anilines is 1. The lowest BCUT2D eigenvalue weighted by Gasteiger charge is -2.29. The number of aliphatic hydroxyl groups is 1. The van der Waals surface area contributed by atoms with Crippen molar-refractivity contribution < 1.29 is 9.84 Å². The van der Waals surface area contributed by atoms with Gasteiger partial charge in [0.25, 0.3) is 0 Å². The van der Waals surface area contributed by atoms with E-state index in [1.807, 2.05) is 4.90 Å². The lowest BCUT2D eigenvalue weighted by Crippen LogP contribution is -2.37. The molecule has 0 atom stereocenters. The van der Waals surface area contributed by atoms with E-state index in [-0.39, 0.29) is 17.4 Å². The average molecular weight is 245 g/mol. The Labute approximate surface area is 98.2 Å². The maximum absolute atomic E-state index is 9.40. The molecule has 88 valence electrons. The first-order valence-electron chi connectivity index (χ1n) is 5.07. The van der Waals surface area contributed by atoms with Gasteiger partial charge in [0.2, 0.25) is 11.2 Å². The molecule has 0 amide bonds. The third kappa shape index (κ3) is 2.51. The van der Waals surface area contributed by atoms with Gasteiger partial charge in [0.15, 0.2) is 0 Å². The molecule has 1 fully saturated rings. The lowest BCUT2D eigenvalue weighted by atomic mass is 10.1. The van der Waals surface area contributed by atoms with Crippen LogP contribution in [-0.2, 0) is 0 Å². The van der Waals surface area contributed by atoms with Crippen molar-refractivity contribution in [3.8, 4) is 6.01 Å². The van der Waals surface area contributed by atoms with E-state index in [1.165, 1.54) is 7.11 Å². The number of halogens is 1. The summed E-state index contributed by atoms with van der Waals surface area (Å²) < 4.78 is 4.92. The molecule has 7 heteroatoms. The molecule has 1 aliphatic heterocycles. The summed E-state index contributed by atoms with van der Waals surface area (Å²) in [4.78, 5) is 13.9. The molecule has 6 nitrogen and oxygen atoms in total. The fourth-order valence-electron chi connectivity index (χ4n) is 1.62. The van der Waals surface area contributed by atoms with Crippen molar-refractivity contribution in [2.75, 3.05) is 25.1 Å². The Kier molecular flexibility index (Phi) is 3.40. The van der Waals surface area contributed by atoms with Crippen LogP contribution in [0, 0.1) is 0 Å². The molecule has 2 heterocycles. The van der Waals surface area contributed by atoms with Gasteiger partial charge >= 0.3 is 6.01 Å². The molecule has 1 aliphatic rings. The quantitative estimate of drug-likeness (QED) is 0.817. The van der Waals surface area contributed by atoms with E-state index in [0.29, 0.717) is 31.9 Å². The van der Waals surface area contributed by atoms with E-state index in [9.17, 15) is 5.11 Å². The van der Waals surface area contributed by atoms with Crippen molar-refractivity contribution in [3.05, 3.63) is 5.28 Å². The zero-order valence-electron chi connectivity index (χ0n) is 8.93. The Morgan fingerprint density at radius 1 is 1.31 bits per heavy atom. The van der Waals surface area contributed by atoms with Crippen molar-refractivity contribution in [3.63, 3.8) is 0 Å². The van der Waals surface area contributed by atoms with Crippen LogP contribution in [0.1, 0.15) is 12.8 Å². The molecular weight excluding hydrogens is 232 g/mol. The first-order chi connectivity index (χ1) is 7.69. The van der Waals surface area contributed by atoms with Crippen LogP contribution in [0.4, 0.5) is 5.95 Å². The van der Waals surface area contributed by atoms with Crippen LogP contribution in [0.5, 0.6) is 6.01 Å². The Morgan fingerprint density at radius 3 is 2.62 bits per heavy atom. The number of rotatable bonds is 2. The Hall–Kier alpha value is -1.14. The predicted octanol–water partition coefficient (Wildman–Crippen LogP) is 0.495. The fraction of sp³-hybridized carbons (Fsp3) is 0.667. The summed E-state index contributed by atoms with van der Waals surface area (Å²) in [6.45, 7) is 1.43. The van der Waals surface area contributed by atoms with Crippen LogP contribution in [0.25, 0.3) is 0 Å². The molecule has 1 aromatic rings. The summed E-state index contributed by atoms with van der Waals surface area (Å²) >= 11 is 5.76. The van der Waals surface area contributed by atoms with Gasteiger partial charge in [-0.25, -0.2) is 0 Å². The molecule has 1 N–H and O–H groups in total. The number of hydrogen-bond acceptors (Lipinski definition) is 6. The van der Waals surface area contributed by atoms with Crippen LogP contribution < -0.4 is 9.64 Å². The van der Waals surface area contributed by atoms with E-state index in [0.717, 1.165) is 0 Å². The summed E-state index contributed by atoms with van der Waals surface area (Å²) in [6, 6.07) is 0.209. The molecular formula is C9H13ClN4O2. The number of aliphatic hydroxyl groups excluding tert-OH is 1. The number of piperidine rings is 1.